The molecule has 0 fully saturated rings. The fourth-order valence-electron chi connectivity index (χ4n) is 6.28. The lowest BCUT2D eigenvalue weighted by atomic mass is 10.2. The third kappa shape index (κ3) is 82.8. The first-order valence-electron chi connectivity index (χ1n) is 37.8. The monoisotopic (exact) mass is 1420 g/mol. The highest BCUT2D eigenvalue weighted by molar-refractivity contribution is 5.36. The summed E-state index contributed by atoms with van der Waals surface area (Å²) in [6, 6.07) is 63.5. The van der Waals surface area contributed by atoms with Gasteiger partial charge in [-0.2, -0.15) is 0 Å². The Balaban J connectivity index is -0.0000000860. The van der Waals surface area contributed by atoms with Crippen LogP contribution in [-0.2, 0) is 0 Å². The number of aryl methyl sites for hydroxylation is 8. The first-order valence-corrected chi connectivity index (χ1v) is 37.8. The normalized spacial score (nSPS) is 7.96. The first-order chi connectivity index (χ1) is 49.0. The van der Waals surface area contributed by atoms with Gasteiger partial charge in [0, 0.05) is 0 Å². The van der Waals surface area contributed by atoms with Crippen molar-refractivity contribution in [2.75, 3.05) is 56.9 Å². The van der Waals surface area contributed by atoms with E-state index in [0.717, 1.165) is 57.8 Å². The Morgan fingerprint density at radius 3 is 0.275 bits per heavy atom. The van der Waals surface area contributed by atoms with Crippen molar-refractivity contribution in [2.24, 2.45) is 11.8 Å². The van der Waals surface area contributed by atoms with E-state index in [1.807, 2.05) is 360 Å². The van der Waals surface area contributed by atoms with Crippen LogP contribution in [0, 0.1) is 67.2 Å². The molecule has 0 spiro atoms. The van der Waals surface area contributed by atoms with E-state index >= 15 is 0 Å². The van der Waals surface area contributed by atoms with Gasteiger partial charge in [0.1, 0.15) is 46.0 Å². The summed E-state index contributed by atoms with van der Waals surface area (Å²) in [6.07, 6.45) is 2.50. The average Bonchev–Trinajstić information content (AvgIpc) is 1.26. The van der Waals surface area contributed by atoms with Crippen LogP contribution in [0.15, 0.2) is 194 Å². The molecule has 8 aromatic carbocycles. The Hall–Kier alpha value is -7.84. The molecule has 102 heavy (non-hydrogen) atoms. The SMILES string of the molecule is CC.CC.CC.CC.CC.CC.CC.CC.CC(C)C.CC(C)C.CCC.CCC.COc1ccccc1C.COc1ccccc1C.COc1ccccc1C.COc1ccccc1C.COc1ccccc1C.COc1ccccc1C.COc1ccccc1C.COc1ccccc1C. The van der Waals surface area contributed by atoms with Gasteiger partial charge < -0.3 is 37.9 Å². The summed E-state index contributed by atoms with van der Waals surface area (Å²) >= 11 is 0. The van der Waals surface area contributed by atoms with Crippen LogP contribution in [-0.4, -0.2) is 56.9 Å². The number of rotatable bonds is 8. The van der Waals surface area contributed by atoms with Crippen molar-refractivity contribution >= 4 is 0 Å². The van der Waals surface area contributed by atoms with Gasteiger partial charge in [-0.15, -0.1) is 0 Å². The van der Waals surface area contributed by atoms with Gasteiger partial charge in [-0.05, 0) is 160 Å². The molecule has 0 aliphatic carbocycles. The predicted molar refractivity (Wildman–Crippen MR) is 466 cm³/mol. The van der Waals surface area contributed by atoms with E-state index < -0.39 is 0 Å². The van der Waals surface area contributed by atoms with Crippen LogP contribution in [0.1, 0.15) is 237 Å². The number of ether oxygens (including phenoxy) is 8. The van der Waals surface area contributed by atoms with E-state index in [4.69, 9.17) is 37.9 Å². The zero-order valence-electron chi connectivity index (χ0n) is 74.3. The molecular formula is C94H164O8. The topological polar surface area (TPSA) is 73.8 Å². The minimum Gasteiger partial charge on any atom is -0.496 e. The van der Waals surface area contributed by atoms with Crippen molar-refractivity contribution in [1.29, 1.82) is 0 Å². The van der Waals surface area contributed by atoms with Crippen molar-refractivity contribution in [2.45, 2.75) is 248 Å². The second-order valence-electron chi connectivity index (χ2n) is 20.6. The number of para-hydroxylation sites is 8. The second-order valence-corrected chi connectivity index (χ2v) is 20.6. The fourth-order valence-corrected chi connectivity index (χ4v) is 6.28. The van der Waals surface area contributed by atoms with Crippen LogP contribution >= 0.6 is 0 Å². The average molecular weight is 1420 g/mol. The highest BCUT2D eigenvalue weighted by Crippen LogP contribution is 2.19. The number of methoxy groups -OCH3 is 8. The minimum absolute atomic E-state index is 0.833. The summed E-state index contributed by atoms with van der Waals surface area (Å²) in [6.45, 7) is 69.7. The van der Waals surface area contributed by atoms with E-state index in [1.54, 1.807) is 56.9 Å². The van der Waals surface area contributed by atoms with Crippen LogP contribution in [0.4, 0.5) is 0 Å². The molecule has 0 amide bonds. The summed E-state index contributed by atoms with van der Waals surface area (Å²) in [5, 5.41) is 0. The van der Waals surface area contributed by atoms with Crippen molar-refractivity contribution < 1.29 is 37.9 Å². The van der Waals surface area contributed by atoms with E-state index in [9.17, 15) is 0 Å². The molecule has 8 heteroatoms. The van der Waals surface area contributed by atoms with Gasteiger partial charge in [-0.3, -0.25) is 0 Å². The maximum absolute atomic E-state index is 5.04. The van der Waals surface area contributed by atoms with E-state index in [2.05, 4.69) is 69.2 Å². The molecule has 0 saturated carbocycles. The van der Waals surface area contributed by atoms with E-state index in [0.29, 0.717) is 0 Å². The van der Waals surface area contributed by atoms with Crippen LogP contribution in [0.3, 0.4) is 0 Å². The largest absolute Gasteiger partial charge is 0.496 e. The van der Waals surface area contributed by atoms with Crippen LogP contribution < -0.4 is 37.9 Å². The molecule has 0 aromatic heterocycles. The molecule has 8 aromatic rings. The Labute approximate surface area is 636 Å². The summed E-state index contributed by atoms with van der Waals surface area (Å²) in [4.78, 5) is 0. The van der Waals surface area contributed by atoms with Gasteiger partial charge >= 0.3 is 0 Å². The van der Waals surface area contributed by atoms with Crippen LogP contribution in [0.2, 0.25) is 0 Å². The summed E-state index contributed by atoms with van der Waals surface area (Å²) in [7, 11) is 13.5. The van der Waals surface area contributed by atoms with E-state index in [-0.39, 0.29) is 0 Å². The number of hydrogen-bond acceptors (Lipinski definition) is 8. The highest BCUT2D eigenvalue weighted by atomic mass is 16.5. The minimum atomic E-state index is 0.833. The zero-order chi connectivity index (χ0) is 82.1. The maximum atomic E-state index is 5.04. The van der Waals surface area contributed by atoms with Crippen molar-refractivity contribution in [3.63, 3.8) is 0 Å². The molecular weight excluding hydrogens is 1260 g/mol. The van der Waals surface area contributed by atoms with Gasteiger partial charge in [-0.1, -0.05) is 338 Å². The first kappa shape index (κ1) is 121. The standard InChI is InChI=1S/8C8H10O.2C4H10.2C3H8.8C2H6/c8*1-7-5-3-4-6-8(7)9-2;2*1-4(2)3;2*1-3-2;8*1-2/h8*3-6H,1-2H3;2*4H,1-3H3;2*3H2,1-2H3;8*1-2H3. The predicted octanol–water partition coefficient (Wildman–Crippen LogP) is 30.4. The molecule has 0 radical (unpaired) electrons. The molecule has 0 bridgehead atoms. The summed E-state index contributed by atoms with van der Waals surface area (Å²) in [5.41, 5.74) is 9.44. The lowest BCUT2D eigenvalue weighted by Gasteiger charge is -2.00. The molecule has 8 nitrogen and oxygen atoms in total. The summed E-state index contributed by atoms with van der Waals surface area (Å²) in [5.74, 6) is 9.31. The molecule has 0 saturated heterocycles. The van der Waals surface area contributed by atoms with Crippen LogP contribution in [0.25, 0.3) is 0 Å². The summed E-state index contributed by atoms with van der Waals surface area (Å²) < 4.78 is 40.4. The molecule has 0 unspecified atom stereocenters. The molecule has 0 heterocycles. The molecule has 8 rings (SSSR count). The lowest BCUT2D eigenvalue weighted by molar-refractivity contribution is 0.411. The van der Waals surface area contributed by atoms with Gasteiger partial charge in [-0.25, -0.2) is 0 Å². The molecule has 588 valence electrons. The van der Waals surface area contributed by atoms with Gasteiger partial charge in [0.25, 0.3) is 0 Å². The van der Waals surface area contributed by atoms with Crippen molar-refractivity contribution in [3.8, 4) is 46.0 Å². The Bertz CT molecular complexity index is 2220. The highest BCUT2D eigenvalue weighted by Gasteiger charge is 1.96. The quantitative estimate of drug-likeness (QED) is 0.149. The fraction of sp³-hybridized carbons (Fsp3) is 0.489. The lowest BCUT2D eigenvalue weighted by Crippen LogP contribution is -1.84. The number of hydrogen-bond donors (Lipinski definition) is 0. The Kier molecular flexibility index (Phi) is 121. The third-order valence-corrected chi connectivity index (χ3v) is 10.5. The Morgan fingerprint density at radius 1 is 0.176 bits per heavy atom. The number of benzene rings is 8. The molecule has 0 N–H and O–H groups in total. The van der Waals surface area contributed by atoms with Gasteiger partial charge in [0.2, 0.25) is 0 Å². The smallest absolute Gasteiger partial charge is 0.121 e. The zero-order valence-corrected chi connectivity index (χ0v) is 74.3. The van der Waals surface area contributed by atoms with E-state index in [1.165, 1.54) is 57.3 Å². The molecule has 0 aliphatic rings. The van der Waals surface area contributed by atoms with Gasteiger partial charge in [0.15, 0.2) is 0 Å². The van der Waals surface area contributed by atoms with Crippen molar-refractivity contribution in [3.05, 3.63) is 239 Å². The molecule has 0 atom stereocenters. The van der Waals surface area contributed by atoms with Crippen molar-refractivity contribution in [1.82, 2.24) is 0 Å². The third-order valence-electron chi connectivity index (χ3n) is 10.5. The maximum Gasteiger partial charge on any atom is 0.121 e. The molecule has 0 aliphatic heterocycles. The Morgan fingerprint density at radius 2 is 0.235 bits per heavy atom. The van der Waals surface area contributed by atoms with Gasteiger partial charge in [0.05, 0.1) is 56.9 Å². The second kappa shape index (κ2) is 102. The van der Waals surface area contributed by atoms with Crippen LogP contribution in [0.5, 0.6) is 46.0 Å².